The van der Waals surface area contributed by atoms with Gasteiger partial charge >= 0.3 is 0 Å². The monoisotopic (exact) mass is 168 g/mol. The molecule has 2 rings (SSSR count). The van der Waals surface area contributed by atoms with Crippen LogP contribution < -0.4 is 10.6 Å². The topological polar surface area (TPSA) is 41.1 Å². The van der Waals surface area contributed by atoms with Gasteiger partial charge < -0.3 is 10.6 Å². The van der Waals surface area contributed by atoms with E-state index in [2.05, 4.69) is 10.6 Å². The van der Waals surface area contributed by atoms with Crippen molar-refractivity contribution in [1.82, 2.24) is 10.6 Å². The van der Waals surface area contributed by atoms with Crippen molar-refractivity contribution in [2.45, 2.75) is 31.7 Å². The van der Waals surface area contributed by atoms with Gasteiger partial charge in [-0.3, -0.25) is 4.79 Å². The van der Waals surface area contributed by atoms with Crippen LogP contribution in [0.2, 0.25) is 0 Å². The summed E-state index contributed by atoms with van der Waals surface area (Å²) in [5.74, 6) is 0.954. The fraction of sp³-hybridized carbons (Fsp3) is 0.889. The van der Waals surface area contributed by atoms with E-state index in [1.807, 2.05) is 0 Å². The Labute approximate surface area is 72.9 Å². The second-order valence-corrected chi connectivity index (χ2v) is 3.84. The first-order valence-electron chi connectivity index (χ1n) is 4.86. The molecule has 1 aliphatic carbocycles. The number of carbonyl (C=O) groups excluding carboxylic acids is 1. The predicted molar refractivity (Wildman–Crippen MR) is 46.8 cm³/mol. The quantitative estimate of drug-likeness (QED) is 0.590. The minimum atomic E-state index is 0.143. The van der Waals surface area contributed by atoms with E-state index in [9.17, 15) is 4.79 Å². The van der Waals surface area contributed by atoms with Crippen LogP contribution in [0.25, 0.3) is 0 Å². The van der Waals surface area contributed by atoms with E-state index < -0.39 is 0 Å². The molecule has 2 N–H and O–H groups in total. The summed E-state index contributed by atoms with van der Waals surface area (Å²) in [6, 6.07) is 0.546. The van der Waals surface area contributed by atoms with Gasteiger partial charge in [0.15, 0.2) is 0 Å². The average Bonchev–Trinajstić information content (AvgIpc) is 2.58. The molecule has 1 heterocycles. The summed E-state index contributed by atoms with van der Waals surface area (Å²) < 4.78 is 0. The summed E-state index contributed by atoms with van der Waals surface area (Å²) in [6.45, 7) is 1.35. The summed E-state index contributed by atoms with van der Waals surface area (Å²) >= 11 is 0. The summed E-state index contributed by atoms with van der Waals surface area (Å²) in [7, 11) is 0. The van der Waals surface area contributed by atoms with Crippen molar-refractivity contribution >= 4 is 5.91 Å². The van der Waals surface area contributed by atoms with Crippen LogP contribution in [0.1, 0.15) is 25.7 Å². The van der Waals surface area contributed by atoms with Crippen molar-refractivity contribution in [2.75, 3.05) is 13.1 Å². The van der Waals surface area contributed by atoms with Gasteiger partial charge in [0.25, 0.3) is 0 Å². The first kappa shape index (κ1) is 8.05. The van der Waals surface area contributed by atoms with Crippen LogP contribution in [-0.2, 0) is 4.79 Å². The van der Waals surface area contributed by atoms with Crippen LogP contribution in [0.3, 0.4) is 0 Å². The van der Waals surface area contributed by atoms with E-state index in [0.29, 0.717) is 12.6 Å². The number of carbonyl (C=O) groups is 1. The Balaban J connectivity index is 1.84. The Hall–Kier alpha value is -0.570. The highest BCUT2D eigenvalue weighted by atomic mass is 16.2. The summed E-state index contributed by atoms with van der Waals surface area (Å²) in [6.07, 6.45) is 5.43. The molecule has 0 radical (unpaired) electrons. The molecule has 1 aliphatic heterocycles. The molecule has 0 aromatic heterocycles. The van der Waals surface area contributed by atoms with Crippen molar-refractivity contribution in [1.29, 1.82) is 0 Å². The van der Waals surface area contributed by atoms with Gasteiger partial charge in [0.2, 0.25) is 5.91 Å². The van der Waals surface area contributed by atoms with Gasteiger partial charge in [-0.25, -0.2) is 0 Å². The minimum Gasteiger partial charge on any atom is -0.353 e. The molecule has 0 aromatic carbocycles. The molecule has 3 nitrogen and oxygen atoms in total. The van der Waals surface area contributed by atoms with Crippen molar-refractivity contribution in [3.8, 4) is 0 Å². The third-order valence-corrected chi connectivity index (χ3v) is 3.01. The molecule has 68 valence electrons. The van der Waals surface area contributed by atoms with Gasteiger partial charge in [0.1, 0.15) is 0 Å². The highest BCUT2D eigenvalue weighted by Crippen LogP contribution is 2.27. The Bertz CT molecular complexity index is 165. The second-order valence-electron chi connectivity index (χ2n) is 3.84. The first-order valence-corrected chi connectivity index (χ1v) is 4.86. The maximum absolute atomic E-state index is 10.8. The maximum Gasteiger partial charge on any atom is 0.234 e. The smallest absolute Gasteiger partial charge is 0.234 e. The standard InChI is InChI=1S/C9H16N2O/c12-9-6-10-8(5-11-9)7-3-1-2-4-7/h7-8,10H,1-6H2,(H,11,12). The molecule has 1 saturated heterocycles. The molecular weight excluding hydrogens is 152 g/mol. The highest BCUT2D eigenvalue weighted by molar-refractivity contribution is 5.78. The third kappa shape index (κ3) is 1.61. The fourth-order valence-corrected chi connectivity index (χ4v) is 2.28. The molecule has 0 aromatic rings. The fourth-order valence-electron chi connectivity index (χ4n) is 2.28. The largest absolute Gasteiger partial charge is 0.353 e. The number of hydrogen-bond donors (Lipinski definition) is 2. The lowest BCUT2D eigenvalue weighted by molar-refractivity contribution is -0.121. The zero-order valence-corrected chi connectivity index (χ0v) is 7.31. The van der Waals surface area contributed by atoms with Crippen LogP contribution in [0.4, 0.5) is 0 Å². The number of rotatable bonds is 1. The number of amides is 1. The predicted octanol–water partition coefficient (Wildman–Crippen LogP) is 0.265. The Kier molecular flexibility index (Phi) is 2.30. The van der Waals surface area contributed by atoms with E-state index in [-0.39, 0.29) is 5.91 Å². The van der Waals surface area contributed by atoms with Crippen molar-refractivity contribution in [3.05, 3.63) is 0 Å². The molecule has 12 heavy (non-hydrogen) atoms. The molecular formula is C9H16N2O. The molecule has 0 bridgehead atoms. The van der Waals surface area contributed by atoms with Crippen LogP contribution in [0.5, 0.6) is 0 Å². The Morgan fingerprint density at radius 2 is 2.00 bits per heavy atom. The van der Waals surface area contributed by atoms with Gasteiger partial charge in [-0.05, 0) is 18.8 Å². The SMILES string of the molecule is O=C1CNC(C2CCCC2)CN1. The summed E-state index contributed by atoms with van der Waals surface area (Å²) in [5.41, 5.74) is 0. The molecule has 1 saturated carbocycles. The Morgan fingerprint density at radius 3 is 2.58 bits per heavy atom. The van der Waals surface area contributed by atoms with E-state index in [0.717, 1.165) is 12.5 Å². The van der Waals surface area contributed by atoms with Gasteiger partial charge in [-0.2, -0.15) is 0 Å². The number of nitrogens with one attached hydrogen (secondary N) is 2. The lowest BCUT2D eigenvalue weighted by atomic mass is 9.97. The van der Waals surface area contributed by atoms with Crippen molar-refractivity contribution in [2.24, 2.45) is 5.92 Å². The molecule has 3 heteroatoms. The summed E-state index contributed by atoms with van der Waals surface area (Å²) in [4.78, 5) is 10.8. The van der Waals surface area contributed by atoms with E-state index in [4.69, 9.17) is 0 Å². The van der Waals surface area contributed by atoms with Crippen LogP contribution >= 0.6 is 0 Å². The van der Waals surface area contributed by atoms with Crippen LogP contribution in [0, 0.1) is 5.92 Å². The van der Waals surface area contributed by atoms with E-state index in [1.54, 1.807) is 0 Å². The van der Waals surface area contributed by atoms with Crippen molar-refractivity contribution in [3.63, 3.8) is 0 Å². The number of piperazine rings is 1. The number of hydrogen-bond acceptors (Lipinski definition) is 2. The van der Waals surface area contributed by atoms with Crippen LogP contribution in [0.15, 0.2) is 0 Å². The zero-order valence-electron chi connectivity index (χ0n) is 7.31. The van der Waals surface area contributed by atoms with Crippen LogP contribution in [-0.4, -0.2) is 25.0 Å². The second kappa shape index (κ2) is 3.44. The molecule has 0 spiro atoms. The van der Waals surface area contributed by atoms with Gasteiger partial charge in [-0.15, -0.1) is 0 Å². The zero-order chi connectivity index (χ0) is 8.39. The molecule has 1 amide bonds. The van der Waals surface area contributed by atoms with Gasteiger partial charge in [-0.1, -0.05) is 12.8 Å². The molecule has 2 aliphatic rings. The lowest BCUT2D eigenvalue weighted by Gasteiger charge is -2.28. The van der Waals surface area contributed by atoms with E-state index >= 15 is 0 Å². The third-order valence-electron chi connectivity index (χ3n) is 3.01. The first-order chi connectivity index (χ1) is 5.86. The van der Waals surface area contributed by atoms with Gasteiger partial charge in [0.05, 0.1) is 6.54 Å². The maximum atomic E-state index is 10.8. The normalized spacial score (nSPS) is 32.0. The van der Waals surface area contributed by atoms with Crippen molar-refractivity contribution < 1.29 is 4.79 Å². The molecule has 1 atom stereocenters. The summed E-state index contributed by atoms with van der Waals surface area (Å²) in [5, 5.41) is 6.21. The van der Waals surface area contributed by atoms with E-state index in [1.165, 1.54) is 25.7 Å². The lowest BCUT2D eigenvalue weighted by Crippen LogP contribution is -2.54. The molecule has 1 unspecified atom stereocenters. The Morgan fingerprint density at radius 1 is 1.25 bits per heavy atom. The minimum absolute atomic E-state index is 0.143. The average molecular weight is 168 g/mol. The molecule has 2 fully saturated rings. The van der Waals surface area contributed by atoms with Gasteiger partial charge in [0, 0.05) is 12.6 Å². The highest BCUT2D eigenvalue weighted by Gasteiger charge is 2.27.